The van der Waals surface area contributed by atoms with Gasteiger partial charge in [0.05, 0.1) is 12.8 Å². The molecule has 0 aliphatic carbocycles. The molecule has 3 heterocycles. The first-order valence-electron chi connectivity index (χ1n) is 11.2. The van der Waals surface area contributed by atoms with Crippen LogP contribution in [0.5, 0.6) is 11.5 Å². The molecule has 1 saturated heterocycles. The smallest absolute Gasteiger partial charge is 0.246 e. The zero-order valence-corrected chi connectivity index (χ0v) is 18.0. The molecule has 8 heteroatoms. The summed E-state index contributed by atoms with van der Waals surface area (Å²) >= 11 is 0. The second-order valence-electron chi connectivity index (χ2n) is 7.79. The number of ether oxygens (including phenoxy) is 1. The average molecular weight is 442 g/mol. The number of amides is 1. The Hall–Kier alpha value is -4.20. The Kier molecular flexibility index (Phi) is 5.16. The second-order valence-corrected chi connectivity index (χ2v) is 7.79. The van der Waals surface area contributed by atoms with Gasteiger partial charge in [-0.05, 0) is 55.3 Å². The van der Waals surface area contributed by atoms with Gasteiger partial charge in [0.25, 0.3) is 0 Å². The van der Waals surface area contributed by atoms with Gasteiger partial charge >= 0.3 is 0 Å². The van der Waals surface area contributed by atoms with E-state index in [1.165, 1.54) is 12.4 Å². The van der Waals surface area contributed by atoms with Crippen molar-refractivity contribution in [1.29, 1.82) is 0 Å². The van der Waals surface area contributed by atoms with E-state index in [1.54, 1.807) is 9.58 Å². The minimum atomic E-state index is -1.19. The molecule has 1 amide bonds. The number of carbonyl (C=O) groups is 1. The van der Waals surface area contributed by atoms with Gasteiger partial charge in [-0.1, -0.05) is 24.8 Å². The number of nitrogens with zero attached hydrogens (tertiary/aromatic N) is 5. The van der Waals surface area contributed by atoms with Crippen molar-refractivity contribution >= 4 is 22.8 Å². The van der Waals surface area contributed by atoms with E-state index in [0.717, 1.165) is 11.3 Å². The summed E-state index contributed by atoms with van der Waals surface area (Å²) in [5, 5.41) is 5.37. The number of nitrogens with two attached hydrogens (primary N) is 1. The molecule has 1 aliphatic rings. The summed E-state index contributed by atoms with van der Waals surface area (Å²) < 4.78 is 16.7. The number of benzene rings is 2. The fraction of sp³-hybridized carbons (Fsp3) is 0.200. The van der Waals surface area contributed by atoms with Crippen LogP contribution in [-0.4, -0.2) is 43.6 Å². The number of carbonyl (C=O) groups excluding carboxylic acids is 1. The predicted molar refractivity (Wildman–Crippen MR) is 127 cm³/mol. The third kappa shape index (κ3) is 4.03. The Bertz CT molecular complexity index is 1360. The maximum Gasteiger partial charge on any atom is 0.246 e. The monoisotopic (exact) mass is 441 g/mol. The minimum absolute atomic E-state index is 0.182. The SMILES string of the molecule is [2H][C@@]1(n2nc(-c3ccc(Oc4ccccc4)cc3)c3c(N)ncnc32)CCCN(C(=O)C=C)C1. The van der Waals surface area contributed by atoms with Crippen molar-refractivity contribution in [3.8, 4) is 22.8 Å². The topological polar surface area (TPSA) is 99.2 Å². The zero-order valence-electron chi connectivity index (χ0n) is 19.0. The molecule has 33 heavy (non-hydrogen) atoms. The van der Waals surface area contributed by atoms with Crippen molar-refractivity contribution in [1.82, 2.24) is 24.6 Å². The highest BCUT2D eigenvalue weighted by Crippen LogP contribution is 2.34. The molecule has 166 valence electrons. The van der Waals surface area contributed by atoms with E-state index in [-0.39, 0.29) is 18.3 Å². The van der Waals surface area contributed by atoms with E-state index in [2.05, 4.69) is 16.5 Å². The second kappa shape index (κ2) is 8.74. The van der Waals surface area contributed by atoms with Crippen molar-refractivity contribution < 1.29 is 10.9 Å². The van der Waals surface area contributed by atoms with Gasteiger partial charge in [0.15, 0.2) is 5.65 Å². The van der Waals surface area contributed by atoms with Crippen LogP contribution < -0.4 is 10.5 Å². The molecule has 0 bridgehead atoms. The van der Waals surface area contributed by atoms with Crippen LogP contribution in [0.2, 0.25) is 0 Å². The molecule has 2 aromatic carbocycles. The Labute approximate surface area is 192 Å². The summed E-state index contributed by atoms with van der Waals surface area (Å²) in [5.74, 6) is 1.52. The van der Waals surface area contributed by atoms with Crippen LogP contribution >= 0.6 is 0 Å². The Balaban J connectivity index is 1.54. The zero-order chi connectivity index (χ0) is 23.7. The summed E-state index contributed by atoms with van der Waals surface area (Å²) in [4.78, 5) is 22.4. The molecule has 0 spiro atoms. The number of hydrogen-bond donors (Lipinski definition) is 1. The van der Waals surface area contributed by atoms with Gasteiger partial charge in [-0.15, -0.1) is 0 Å². The van der Waals surface area contributed by atoms with Crippen molar-refractivity contribution in [3.63, 3.8) is 0 Å². The number of anilines is 1. The number of para-hydroxylation sites is 1. The molecule has 5 rings (SSSR count). The third-order valence-corrected chi connectivity index (χ3v) is 5.65. The summed E-state index contributed by atoms with van der Waals surface area (Å²) in [5.41, 5.74) is 8.09. The van der Waals surface area contributed by atoms with E-state index >= 15 is 0 Å². The first-order chi connectivity index (χ1) is 16.5. The molecular weight excluding hydrogens is 416 g/mol. The normalized spacial score (nSPS) is 18.7. The van der Waals surface area contributed by atoms with Crippen LogP contribution in [-0.2, 0) is 4.79 Å². The van der Waals surface area contributed by atoms with E-state index < -0.39 is 6.02 Å². The highest BCUT2D eigenvalue weighted by atomic mass is 16.5. The molecule has 0 unspecified atom stereocenters. The Morgan fingerprint density at radius 2 is 1.91 bits per heavy atom. The van der Waals surface area contributed by atoms with Crippen molar-refractivity contribution in [2.75, 3.05) is 18.8 Å². The summed E-state index contributed by atoms with van der Waals surface area (Å²) in [6.45, 7) is 4.34. The molecule has 2 N–H and O–H groups in total. The predicted octanol–water partition coefficient (Wildman–Crippen LogP) is 4.22. The number of likely N-dealkylation sites (tertiary alicyclic amines) is 1. The van der Waals surface area contributed by atoms with Gasteiger partial charge in [-0.3, -0.25) is 4.79 Å². The van der Waals surface area contributed by atoms with Crippen LogP contribution in [0.4, 0.5) is 5.82 Å². The first-order valence-corrected chi connectivity index (χ1v) is 10.7. The van der Waals surface area contributed by atoms with Crippen LogP contribution in [0, 0.1) is 0 Å². The highest BCUT2D eigenvalue weighted by Gasteiger charge is 2.28. The van der Waals surface area contributed by atoms with Gasteiger partial charge in [-0.25, -0.2) is 14.6 Å². The third-order valence-electron chi connectivity index (χ3n) is 5.65. The van der Waals surface area contributed by atoms with Gasteiger partial charge in [0, 0.05) is 18.7 Å². The van der Waals surface area contributed by atoms with E-state index in [9.17, 15) is 6.17 Å². The first kappa shape index (κ1) is 19.5. The summed E-state index contributed by atoms with van der Waals surface area (Å²) in [7, 11) is 0. The quantitative estimate of drug-likeness (QED) is 0.466. The van der Waals surface area contributed by atoms with Crippen molar-refractivity contribution in [2.45, 2.75) is 18.9 Å². The molecule has 0 saturated carbocycles. The van der Waals surface area contributed by atoms with Gasteiger partial charge in [0.1, 0.15) is 29.3 Å². The number of piperidine rings is 1. The molecule has 1 atom stereocenters. The minimum Gasteiger partial charge on any atom is -0.457 e. The number of aromatic nitrogens is 4. The van der Waals surface area contributed by atoms with Crippen LogP contribution in [0.25, 0.3) is 22.3 Å². The summed E-state index contributed by atoms with van der Waals surface area (Å²) in [6.07, 6.45) is 3.84. The summed E-state index contributed by atoms with van der Waals surface area (Å²) in [6, 6.07) is 15.8. The van der Waals surface area contributed by atoms with Gasteiger partial charge in [-0.2, -0.15) is 5.10 Å². The van der Waals surface area contributed by atoms with Crippen molar-refractivity contribution in [2.24, 2.45) is 0 Å². The molecule has 1 aliphatic heterocycles. The van der Waals surface area contributed by atoms with Crippen LogP contribution in [0.3, 0.4) is 0 Å². The number of nitrogen functional groups attached to an aromatic ring is 1. The number of hydrogen-bond acceptors (Lipinski definition) is 6. The number of rotatable bonds is 5. The molecular formula is C25H24N6O2. The van der Waals surface area contributed by atoms with E-state index in [4.69, 9.17) is 15.6 Å². The van der Waals surface area contributed by atoms with Gasteiger partial charge < -0.3 is 15.4 Å². The maximum atomic E-state index is 12.2. The average Bonchev–Trinajstić information content (AvgIpc) is 3.27. The van der Waals surface area contributed by atoms with Gasteiger partial charge in [0.2, 0.25) is 5.91 Å². The fourth-order valence-electron chi connectivity index (χ4n) is 4.05. The van der Waals surface area contributed by atoms with Crippen LogP contribution in [0.15, 0.2) is 73.6 Å². The van der Waals surface area contributed by atoms with E-state index in [0.29, 0.717) is 41.9 Å². The molecule has 0 radical (unpaired) electrons. The fourth-order valence-corrected chi connectivity index (χ4v) is 4.05. The lowest BCUT2D eigenvalue weighted by atomic mass is 10.1. The lowest BCUT2D eigenvalue weighted by molar-refractivity contribution is -0.127. The van der Waals surface area contributed by atoms with E-state index in [1.807, 2.05) is 54.6 Å². The highest BCUT2D eigenvalue weighted by molar-refractivity contribution is 5.98. The van der Waals surface area contributed by atoms with Crippen LogP contribution in [0.1, 0.15) is 20.2 Å². The molecule has 1 fully saturated rings. The lowest BCUT2D eigenvalue weighted by Crippen LogP contribution is -2.40. The Morgan fingerprint density at radius 3 is 2.67 bits per heavy atom. The molecule has 8 nitrogen and oxygen atoms in total. The Morgan fingerprint density at radius 1 is 1.15 bits per heavy atom. The standard InChI is InChI=1S/C25H24N6O2/c1-2-21(32)30-14-6-7-18(15-30)31-25-22(24(26)27-16-28-25)23(29-31)17-10-12-20(13-11-17)33-19-8-4-3-5-9-19/h2-5,8-13,16,18H,1,6-7,14-15H2,(H2,26,27,28)/t18-/m1/s1/i18D. The number of fused-ring (bicyclic) bond motifs is 1. The molecule has 4 aromatic rings. The van der Waals surface area contributed by atoms with Crippen molar-refractivity contribution in [3.05, 3.63) is 73.6 Å². The largest absolute Gasteiger partial charge is 0.457 e. The molecule has 2 aromatic heterocycles. The lowest BCUT2D eigenvalue weighted by Gasteiger charge is -2.32. The maximum absolute atomic E-state index is 12.2.